The van der Waals surface area contributed by atoms with Crippen molar-refractivity contribution in [3.63, 3.8) is 0 Å². The normalized spacial score (nSPS) is 29.5. The number of nitrogens with one attached hydrogen (secondary N) is 1. The van der Waals surface area contributed by atoms with Crippen LogP contribution in [0.3, 0.4) is 0 Å². The predicted octanol–water partition coefficient (Wildman–Crippen LogP) is 6.26. The van der Waals surface area contributed by atoms with Gasteiger partial charge in [0.1, 0.15) is 53.3 Å². The molecule has 1 unspecified atom stereocenters. The Kier molecular flexibility index (Phi) is 15.7. The number of aliphatic hydroxyl groups excluding tert-OH is 2. The minimum Gasteiger partial charge on any atom is -0.455 e. The first-order chi connectivity index (χ1) is 33.4. The van der Waals surface area contributed by atoms with Crippen LogP contribution >= 0.6 is 21.6 Å². The van der Waals surface area contributed by atoms with Crippen LogP contribution in [0.1, 0.15) is 90.2 Å². The third kappa shape index (κ3) is 10.6. The number of rotatable bonds is 14. The van der Waals surface area contributed by atoms with Crippen molar-refractivity contribution in [1.29, 1.82) is 0 Å². The molecule has 3 aliphatic carbocycles. The zero-order valence-electron chi connectivity index (χ0n) is 40.6. The van der Waals surface area contributed by atoms with E-state index in [9.17, 15) is 34.5 Å². The molecule has 382 valence electrons. The van der Waals surface area contributed by atoms with Crippen molar-refractivity contribution in [2.24, 2.45) is 16.7 Å². The molecule has 1 aromatic heterocycles. The summed E-state index contributed by atoms with van der Waals surface area (Å²) in [5, 5.41) is 41.6. The monoisotopic (exact) mass is 1020 g/mol. The van der Waals surface area contributed by atoms with Crippen molar-refractivity contribution >= 4 is 57.5 Å². The SMILES string of the molecule is CC(=O)O[C@@]12CO[C@@H]1C[C@H](O)[C@@]1(C)C(O)C(=O)C3=C(C)[C@@H](OC(=O)[C@H](OC(=O)OCCSSc4ccccn4)[C@@H](NC(=O)OC(C)(C)C)c4ccccc4)C[C@@](O)([C@@H](OC(=O)c4ccccc4)[C@H]21)C3(C)C. The Labute approximate surface area is 419 Å². The lowest BCUT2D eigenvalue weighted by atomic mass is 9.44. The van der Waals surface area contributed by atoms with E-state index in [-0.39, 0.29) is 47.7 Å². The van der Waals surface area contributed by atoms with Gasteiger partial charge in [0.05, 0.1) is 24.2 Å². The van der Waals surface area contributed by atoms with Gasteiger partial charge in [0, 0.05) is 48.1 Å². The summed E-state index contributed by atoms with van der Waals surface area (Å²) in [5.41, 5.74) is -8.76. The van der Waals surface area contributed by atoms with Gasteiger partial charge in [-0.25, -0.2) is 24.2 Å². The molecule has 3 aromatic rings. The van der Waals surface area contributed by atoms with Crippen molar-refractivity contribution in [2.75, 3.05) is 19.0 Å². The molecule has 7 rings (SSSR count). The summed E-state index contributed by atoms with van der Waals surface area (Å²) in [5.74, 6) is -5.22. The van der Waals surface area contributed by atoms with Crippen molar-refractivity contribution in [3.05, 3.63) is 107 Å². The minimum absolute atomic E-state index is 0.0567. The molecular formula is C51H60N2O16S2. The molecule has 20 heteroatoms. The fraction of sp³-hybridized carbons (Fsp3) is 0.510. The van der Waals surface area contributed by atoms with E-state index < -0.39 is 119 Å². The molecule has 1 saturated heterocycles. The van der Waals surface area contributed by atoms with Gasteiger partial charge in [-0.3, -0.25) is 9.59 Å². The van der Waals surface area contributed by atoms with Crippen molar-refractivity contribution in [2.45, 2.75) is 133 Å². The van der Waals surface area contributed by atoms with Crippen LogP contribution in [-0.4, -0.2) is 129 Å². The van der Waals surface area contributed by atoms with Gasteiger partial charge in [0.15, 0.2) is 11.4 Å². The number of esters is 3. The Bertz CT molecular complexity index is 2510. The van der Waals surface area contributed by atoms with Crippen molar-refractivity contribution in [1.82, 2.24) is 10.3 Å². The van der Waals surface area contributed by atoms with Gasteiger partial charge in [0.25, 0.3) is 0 Å². The van der Waals surface area contributed by atoms with E-state index in [4.69, 9.17) is 33.2 Å². The molecule has 2 heterocycles. The van der Waals surface area contributed by atoms with Gasteiger partial charge >= 0.3 is 30.2 Å². The Balaban J connectivity index is 1.31. The molecule has 18 nitrogen and oxygen atoms in total. The zero-order valence-corrected chi connectivity index (χ0v) is 42.3. The molecule has 4 aliphatic rings. The number of pyridine rings is 1. The molecule has 71 heavy (non-hydrogen) atoms. The average Bonchev–Trinajstić information content (AvgIpc) is 3.31. The van der Waals surface area contributed by atoms with Crippen LogP contribution in [0.25, 0.3) is 0 Å². The molecule has 11 atom stereocenters. The lowest BCUT2D eigenvalue weighted by molar-refractivity contribution is -0.357. The molecule has 0 radical (unpaired) electrons. The van der Waals surface area contributed by atoms with Crippen molar-refractivity contribution < 1.29 is 77.2 Å². The van der Waals surface area contributed by atoms with E-state index in [1.54, 1.807) is 81.6 Å². The molecule has 3 fully saturated rings. The second kappa shape index (κ2) is 20.9. The number of carbonyl (C=O) groups is 6. The average molecular weight is 1020 g/mol. The first-order valence-corrected chi connectivity index (χ1v) is 25.5. The highest BCUT2D eigenvalue weighted by Gasteiger charge is 2.78. The van der Waals surface area contributed by atoms with Crippen LogP contribution < -0.4 is 5.32 Å². The maximum atomic E-state index is 15.2. The number of ketones is 1. The summed E-state index contributed by atoms with van der Waals surface area (Å²) in [4.78, 5) is 89.0. The summed E-state index contributed by atoms with van der Waals surface area (Å²) < 4.78 is 41.4. The van der Waals surface area contributed by atoms with Gasteiger partial charge in [0.2, 0.25) is 6.10 Å². The highest BCUT2D eigenvalue weighted by atomic mass is 33.1. The quantitative estimate of drug-likeness (QED) is 0.0602. The molecule has 1 aliphatic heterocycles. The summed E-state index contributed by atoms with van der Waals surface area (Å²) in [7, 11) is 2.70. The van der Waals surface area contributed by atoms with Gasteiger partial charge in [-0.1, -0.05) is 86.2 Å². The topological polar surface area (TPSA) is 253 Å². The lowest BCUT2D eigenvalue weighted by Crippen LogP contribution is -2.82. The number of aromatic nitrogens is 1. The van der Waals surface area contributed by atoms with Crippen LogP contribution in [0.2, 0.25) is 0 Å². The number of hydrogen-bond acceptors (Lipinski definition) is 19. The smallest absolute Gasteiger partial charge is 0.455 e. The molecule has 4 N–H and O–H groups in total. The predicted molar refractivity (Wildman–Crippen MR) is 256 cm³/mol. The molecule has 2 saturated carbocycles. The lowest BCUT2D eigenvalue weighted by Gasteiger charge is -2.68. The molecular weight excluding hydrogens is 961 g/mol. The van der Waals surface area contributed by atoms with Crippen LogP contribution in [0.15, 0.2) is 101 Å². The standard InChI is InChI=1S/C51H60N2O16S2/c1-28-32(65-44(59)39(66-46(61)63-23-24-70-71-35-21-15-16-22-52-35)37(30-17-11-9-12-18-30)53-45(60)69-47(3,4)5)26-51(62)42(67-43(58)31-19-13-10-14-20-31)40-49(8,41(57)38(56)36(28)48(51,6)7)33(55)25-34-50(40,27-64-34)68-29(2)54/h9-22,32-34,37,39-42,55,57,62H,23-27H2,1-8H3,(H,53,60)/t32-,33-,34+,37-,39+,40-,41?,42-,49+,50-,51+/m0/s1. The third-order valence-electron chi connectivity index (χ3n) is 13.9. The van der Waals surface area contributed by atoms with E-state index in [0.29, 0.717) is 0 Å². The number of hydrogen-bond donors (Lipinski definition) is 4. The molecule has 2 bridgehead atoms. The first-order valence-electron chi connectivity index (χ1n) is 23.1. The summed E-state index contributed by atoms with van der Waals surface area (Å²) >= 11 is 0. The number of aliphatic hydroxyl groups is 3. The van der Waals surface area contributed by atoms with Crippen LogP contribution in [0.5, 0.6) is 0 Å². The second-order valence-electron chi connectivity index (χ2n) is 19.9. The Morgan fingerprint density at radius 2 is 1.61 bits per heavy atom. The highest BCUT2D eigenvalue weighted by molar-refractivity contribution is 8.76. The molecule has 0 spiro atoms. The zero-order chi connectivity index (χ0) is 51.7. The maximum Gasteiger partial charge on any atom is 0.509 e. The number of amides is 1. The largest absolute Gasteiger partial charge is 0.509 e. The maximum absolute atomic E-state index is 15.2. The van der Waals surface area contributed by atoms with E-state index in [2.05, 4.69) is 10.3 Å². The number of fused-ring (bicyclic) bond motifs is 5. The van der Waals surface area contributed by atoms with Crippen LogP contribution in [0.4, 0.5) is 9.59 Å². The molecule has 2 aromatic carbocycles. The Hall–Kier alpha value is -5.51. The fourth-order valence-corrected chi connectivity index (χ4v) is 12.1. The van der Waals surface area contributed by atoms with Crippen molar-refractivity contribution in [3.8, 4) is 0 Å². The summed E-state index contributed by atoms with van der Waals surface area (Å²) in [6.07, 6.45) is -11.6. The minimum atomic E-state index is -2.46. The Morgan fingerprint density at radius 1 is 0.944 bits per heavy atom. The molecule has 1 amide bonds. The highest BCUT2D eigenvalue weighted by Crippen LogP contribution is 2.64. The fourth-order valence-electron chi connectivity index (χ4n) is 10.4. The van der Waals surface area contributed by atoms with Crippen LogP contribution in [0, 0.1) is 16.7 Å². The van der Waals surface area contributed by atoms with Gasteiger partial charge in [-0.15, -0.1) is 0 Å². The third-order valence-corrected chi connectivity index (χ3v) is 16.2. The second-order valence-corrected chi connectivity index (χ2v) is 22.3. The van der Waals surface area contributed by atoms with E-state index >= 15 is 9.59 Å². The number of carbonyl (C=O) groups excluding carboxylic acids is 6. The number of alkyl carbamates (subject to hydrolysis) is 1. The number of nitrogens with zero attached hydrogens (tertiary/aromatic N) is 1. The van der Waals surface area contributed by atoms with E-state index in [1.165, 1.54) is 61.4 Å². The van der Waals surface area contributed by atoms with Gasteiger partial charge < -0.3 is 53.8 Å². The number of Topliss-reactive ketones (excluding diaryl/α,β-unsaturated/α-hetero) is 1. The van der Waals surface area contributed by atoms with Gasteiger partial charge in [-0.05, 0) is 73.9 Å². The van der Waals surface area contributed by atoms with Gasteiger partial charge in [-0.2, -0.15) is 0 Å². The number of benzene rings is 2. The summed E-state index contributed by atoms with van der Waals surface area (Å²) in [6.45, 7) is 11.5. The Morgan fingerprint density at radius 3 is 2.21 bits per heavy atom. The van der Waals surface area contributed by atoms with E-state index in [1.807, 2.05) is 12.1 Å². The summed E-state index contributed by atoms with van der Waals surface area (Å²) in [6, 6.07) is 19.8. The van der Waals surface area contributed by atoms with E-state index in [0.717, 1.165) is 11.9 Å². The number of ether oxygens (including phenoxy) is 7. The first kappa shape index (κ1) is 53.3. The van der Waals surface area contributed by atoms with Crippen LogP contribution in [-0.2, 0) is 47.5 Å².